The molecule has 0 saturated carbocycles. The fourth-order valence-corrected chi connectivity index (χ4v) is 1.89. The molecule has 0 atom stereocenters. The summed E-state index contributed by atoms with van der Waals surface area (Å²) in [6.07, 6.45) is 0. The lowest BCUT2D eigenvalue weighted by Gasteiger charge is -2.18. The number of pyridine rings is 1. The number of nitrogens with zero attached hydrogens (tertiary/aromatic N) is 2. The van der Waals surface area contributed by atoms with Crippen LogP contribution in [0.15, 0.2) is 30.3 Å². The number of amides is 1. The third kappa shape index (κ3) is 2.32. The highest BCUT2D eigenvalue weighted by Gasteiger charge is 2.14. The van der Waals surface area contributed by atoms with Crippen molar-refractivity contribution in [3.8, 4) is 0 Å². The summed E-state index contributed by atoms with van der Waals surface area (Å²) in [6.45, 7) is 5.16. The number of aromatic nitrogens is 1. The quantitative estimate of drug-likeness (QED) is 0.834. The Morgan fingerprint density at radius 3 is 2.61 bits per heavy atom. The summed E-state index contributed by atoms with van der Waals surface area (Å²) >= 11 is 0. The molecule has 1 aromatic heterocycles. The van der Waals surface area contributed by atoms with E-state index in [9.17, 15) is 9.18 Å². The van der Waals surface area contributed by atoms with Gasteiger partial charge in [0.1, 0.15) is 11.5 Å². The smallest absolute Gasteiger partial charge is 0.272 e. The van der Waals surface area contributed by atoms with Gasteiger partial charge in [-0.05, 0) is 38.1 Å². The second-order valence-electron chi connectivity index (χ2n) is 4.01. The van der Waals surface area contributed by atoms with Gasteiger partial charge in [0.25, 0.3) is 5.91 Å². The second kappa shape index (κ2) is 5.12. The van der Waals surface area contributed by atoms with E-state index in [1.165, 1.54) is 12.1 Å². The second-order valence-corrected chi connectivity index (χ2v) is 4.01. The van der Waals surface area contributed by atoms with Crippen LogP contribution in [-0.4, -0.2) is 28.9 Å². The van der Waals surface area contributed by atoms with Crippen molar-refractivity contribution in [1.82, 2.24) is 9.88 Å². The molecule has 0 radical (unpaired) electrons. The number of carbonyl (C=O) groups excluding carboxylic acids is 1. The first-order valence-corrected chi connectivity index (χ1v) is 6.01. The number of hydrogen-bond acceptors (Lipinski definition) is 2. The van der Waals surface area contributed by atoms with Gasteiger partial charge >= 0.3 is 0 Å². The van der Waals surface area contributed by atoms with Crippen LogP contribution in [0.5, 0.6) is 0 Å². The predicted octanol–water partition coefficient (Wildman–Crippen LogP) is 2.86. The third-order valence-electron chi connectivity index (χ3n) is 2.92. The summed E-state index contributed by atoms with van der Waals surface area (Å²) in [6, 6.07) is 7.71. The Kier molecular flexibility index (Phi) is 3.55. The maximum absolute atomic E-state index is 13.0. The van der Waals surface area contributed by atoms with Gasteiger partial charge in [-0.3, -0.25) is 4.79 Å². The van der Waals surface area contributed by atoms with E-state index < -0.39 is 0 Å². The van der Waals surface area contributed by atoms with Gasteiger partial charge in [-0.1, -0.05) is 6.07 Å². The van der Waals surface area contributed by atoms with Gasteiger partial charge in [-0.2, -0.15) is 0 Å². The van der Waals surface area contributed by atoms with Crippen molar-refractivity contribution in [2.24, 2.45) is 0 Å². The molecular formula is C14H15FN2O. The summed E-state index contributed by atoms with van der Waals surface area (Å²) in [5, 5.41) is 0.700. The van der Waals surface area contributed by atoms with Crippen LogP contribution in [0.3, 0.4) is 0 Å². The van der Waals surface area contributed by atoms with Crippen LogP contribution >= 0.6 is 0 Å². The van der Waals surface area contributed by atoms with E-state index in [4.69, 9.17) is 0 Å². The lowest BCUT2D eigenvalue weighted by atomic mass is 10.2. The fraction of sp³-hybridized carbons (Fsp3) is 0.286. The first-order chi connectivity index (χ1) is 8.65. The minimum Gasteiger partial charge on any atom is -0.338 e. The van der Waals surface area contributed by atoms with Crippen molar-refractivity contribution >= 4 is 16.8 Å². The van der Waals surface area contributed by atoms with Gasteiger partial charge < -0.3 is 4.90 Å². The first-order valence-electron chi connectivity index (χ1n) is 6.01. The molecule has 94 valence electrons. The summed E-state index contributed by atoms with van der Waals surface area (Å²) in [5.41, 5.74) is 1.03. The van der Waals surface area contributed by atoms with Crippen LogP contribution in [0.2, 0.25) is 0 Å². The highest BCUT2D eigenvalue weighted by atomic mass is 19.1. The van der Waals surface area contributed by atoms with E-state index in [0.29, 0.717) is 29.7 Å². The van der Waals surface area contributed by atoms with Gasteiger partial charge in [0, 0.05) is 18.5 Å². The van der Waals surface area contributed by atoms with E-state index in [0.717, 1.165) is 0 Å². The van der Waals surface area contributed by atoms with Crippen LogP contribution in [0.1, 0.15) is 24.3 Å². The average Bonchev–Trinajstić information content (AvgIpc) is 2.39. The molecule has 1 aromatic carbocycles. The van der Waals surface area contributed by atoms with Crippen molar-refractivity contribution in [3.63, 3.8) is 0 Å². The monoisotopic (exact) mass is 246 g/mol. The SMILES string of the molecule is CCN(CC)C(=O)c1ccc2cc(F)ccc2n1. The van der Waals surface area contributed by atoms with Gasteiger partial charge in [0.2, 0.25) is 0 Å². The molecule has 1 heterocycles. The number of halogens is 1. The Balaban J connectivity index is 2.41. The summed E-state index contributed by atoms with van der Waals surface area (Å²) < 4.78 is 13.0. The Morgan fingerprint density at radius 2 is 1.94 bits per heavy atom. The molecule has 0 unspecified atom stereocenters. The maximum atomic E-state index is 13.0. The molecule has 0 fully saturated rings. The van der Waals surface area contributed by atoms with E-state index in [-0.39, 0.29) is 11.7 Å². The number of fused-ring (bicyclic) bond motifs is 1. The molecule has 3 nitrogen and oxygen atoms in total. The molecule has 18 heavy (non-hydrogen) atoms. The van der Waals surface area contributed by atoms with E-state index in [1.54, 1.807) is 23.1 Å². The van der Waals surface area contributed by atoms with Crippen LogP contribution in [-0.2, 0) is 0 Å². The normalized spacial score (nSPS) is 10.6. The number of rotatable bonds is 3. The maximum Gasteiger partial charge on any atom is 0.272 e. The molecular weight excluding hydrogens is 231 g/mol. The molecule has 2 aromatic rings. The molecule has 0 saturated heterocycles. The van der Waals surface area contributed by atoms with Gasteiger partial charge in [-0.25, -0.2) is 9.37 Å². The minimum absolute atomic E-state index is 0.0915. The topological polar surface area (TPSA) is 33.2 Å². The number of benzene rings is 1. The van der Waals surface area contributed by atoms with Crippen molar-refractivity contribution < 1.29 is 9.18 Å². The lowest BCUT2D eigenvalue weighted by Crippen LogP contribution is -2.31. The fourth-order valence-electron chi connectivity index (χ4n) is 1.89. The van der Waals surface area contributed by atoms with Crippen molar-refractivity contribution in [3.05, 3.63) is 41.8 Å². The van der Waals surface area contributed by atoms with E-state index >= 15 is 0 Å². The van der Waals surface area contributed by atoms with Crippen LogP contribution < -0.4 is 0 Å². The zero-order chi connectivity index (χ0) is 13.1. The highest BCUT2D eigenvalue weighted by Crippen LogP contribution is 2.15. The minimum atomic E-state index is -0.299. The lowest BCUT2D eigenvalue weighted by molar-refractivity contribution is 0.0767. The van der Waals surface area contributed by atoms with Gasteiger partial charge in [-0.15, -0.1) is 0 Å². The molecule has 2 rings (SSSR count). The standard InChI is InChI=1S/C14H15FN2O/c1-3-17(4-2)14(18)13-7-5-10-9-11(15)6-8-12(10)16-13/h5-9H,3-4H2,1-2H3. The van der Waals surface area contributed by atoms with Crippen LogP contribution in [0, 0.1) is 5.82 Å². The van der Waals surface area contributed by atoms with E-state index in [1.807, 2.05) is 13.8 Å². The van der Waals surface area contributed by atoms with Crippen molar-refractivity contribution in [2.45, 2.75) is 13.8 Å². The Labute approximate surface area is 105 Å². The van der Waals surface area contributed by atoms with Crippen LogP contribution in [0.4, 0.5) is 4.39 Å². The van der Waals surface area contributed by atoms with Crippen LogP contribution in [0.25, 0.3) is 10.9 Å². The molecule has 0 aliphatic carbocycles. The molecule has 0 spiro atoms. The molecule has 0 bridgehead atoms. The largest absolute Gasteiger partial charge is 0.338 e. The zero-order valence-electron chi connectivity index (χ0n) is 10.5. The Bertz CT molecular complexity index is 579. The number of hydrogen-bond donors (Lipinski definition) is 0. The molecule has 1 amide bonds. The average molecular weight is 246 g/mol. The summed E-state index contributed by atoms with van der Waals surface area (Å²) in [7, 11) is 0. The third-order valence-corrected chi connectivity index (χ3v) is 2.92. The first kappa shape index (κ1) is 12.5. The van der Waals surface area contributed by atoms with Gasteiger partial charge in [0.15, 0.2) is 0 Å². The zero-order valence-corrected chi connectivity index (χ0v) is 10.5. The molecule has 0 aliphatic rings. The molecule has 0 aliphatic heterocycles. The van der Waals surface area contributed by atoms with Gasteiger partial charge in [0.05, 0.1) is 5.52 Å². The summed E-state index contributed by atoms with van der Waals surface area (Å²) in [4.78, 5) is 18.1. The molecule has 0 N–H and O–H groups in total. The van der Waals surface area contributed by atoms with E-state index in [2.05, 4.69) is 4.98 Å². The summed E-state index contributed by atoms with van der Waals surface area (Å²) in [5.74, 6) is -0.390. The van der Waals surface area contributed by atoms with Crippen molar-refractivity contribution in [1.29, 1.82) is 0 Å². The van der Waals surface area contributed by atoms with Crippen molar-refractivity contribution in [2.75, 3.05) is 13.1 Å². The Hall–Kier alpha value is -1.97. The highest BCUT2D eigenvalue weighted by molar-refractivity contribution is 5.94. The molecule has 4 heteroatoms. The Morgan fingerprint density at radius 1 is 1.22 bits per heavy atom. The number of carbonyl (C=O) groups is 1. The predicted molar refractivity (Wildman–Crippen MR) is 69.0 cm³/mol.